The van der Waals surface area contributed by atoms with Crippen molar-refractivity contribution in [3.05, 3.63) is 59.7 Å². The topological polar surface area (TPSA) is 77.0 Å². The predicted molar refractivity (Wildman–Crippen MR) is 107 cm³/mol. The number of benzene rings is 2. The van der Waals surface area contributed by atoms with Gasteiger partial charge < -0.3 is 24.6 Å². The van der Waals surface area contributed by atoms with Crippen LogP contribution < -0.4 is 10.1 Å². The van der Waals surface area contributed by atoms with E-state index >= 15 is 0 Å². The summed E-state index contributed by atoms with van der Waals surface area (Å²) in [6, 6.07) is 12.4. The molecule has 0 atom stereocenters. The van der Waals surface area contributed by atoms with Crippen molar-refractivity contribution in [1.29, 1.82) is 0 Å². The summed E-state index contributed by atoms with van der Waals surface area (Å²) in [6.07, 6.45) is 4.38. The Bertz CT molecular complexity index is 827. The average Bonchev–Trinajstić information content (AvgIpc) is 2.73. The molecule has 0 aromatic heterocycles. The summed E-state index contributed by atoms with van der Waals surface area (Å²) in [6.45, 7) is 3.89. The zero-order chi connectivity index (χ0) is 19.8. The number of para-hydroxylation sites is 1. The number of phenols is 1. The molecule has 2 aromatic rings. The van der Waals surface area contributed by atoms with E-state index in [4.69, 9.17) is 14.2 Å². The summed E-state index contributed by atoms with van der Waals surface area (Å²) in [7, 11) is 0. The molecule has 0 unspecified atom stereocenters. The van der Waals surface area contributed by atoms with E-state index in [2.05, 4.69) is 5.32 Å². The van der Waals surface area contributed by atoms with E-state index in [1.807, 2.05) is 31.2 Å². The van der Waals surface area contributed by atoms with E-state index in [1.165, 1.54) is 12.1 Å². The normalized spacial score (nSPS) is 14.9. The van der Waals surface area contributed by atoms with E-state index in [1.54, 1.807) is 18.2 Å². The van der Waals surface area contributed by atoms with E-state index in [-0.39, 0.29) is 11.7 Å². The smallest absolute Gasteiger partial charge is 0.248 e. The van der Waals surface area contributed by atoms with Gasteiger partial charge in [0.05, 0.1) is 25.5 Å². The highest BCUT2D eigenvalue weighted by Gasteiger charge is 2.18. The Morgan fingerprint density at radius 2 is 2.04 bits per heavy atom. The Labute approximate surface area is 164 Å². The van der Waals surface area contributed by atoms with Crippen LogP contribution in [0, 0.1) is 0 Å². The van der Waals surface area contributed by atoms with Crippen molar-refractivity contribution in [2.24, 2.45) is 0 Å². The van der Waals surface area contributed by atoms with Gasteiger partial charge in [0, 0.05) is 17.2 Å². The van der Waals surface area contributed by atoms with Crippen LogP contribution in [0.5, 0.6) is 11.5 Å². The lowest BCUT2D eigenvalue weighted by atomic mass is 10.1. The molecular weight excluding hydrogens is 358 g/mol. The van der Waals surface area contributed by atoms with Gasteiger partial charge in [0.15, 0.2) is 6.29 Å². The number of rotatable bonds is 7. The molecule has 0 radical (unpaired) electrons. The summed E-state index contributed by atoms with van der Waals surface area (Å²) >= 11 is 0. The number of amides is 1. The fourth-order valence-corrected chi connectivity index (χ4v) is 2.78. The van der Waals surface area contributed by atoms with Gasteiger partial charge in [-0.1, -0.05) is 31.2 Å². The predicted octanol–water partition coefficient (Wildman–Crippen LogP) is 4.27. The van der Waals surface area contributed by atoms with Crippen LogP contribution in [0.3, 0.4) is 0 Å². The molecule has 6 nitrogen and oxygen atoms in total. The van der Waals surface area contributed by atoms with Crippen molar-refractivity contribution in [3.63, 3.8) is 0 Å². The third-order valence-electron chi connectivity index (χ3n) is 4.17. The summed E-state index contributed by atoms with van der Waals surface area (Å²) in [5, 5.41) is 12.8. The Kier molecular flexibility index (Phi) is 7.06. The Morgan fingerprint density at radius 1 is 1.25 bits per heavy atom. The number of ether oxygens (including phenoxy) is 3. The fraction of sp³-hybridized carbons (Fsp3) is 0.318. The molecule has 1 saturated heterocycles. The van der Waals surface area contributed by atoms with Gasteiger partial charge in [-0.3, -0.25) is 4.79 Å². The molecule has 6 heteroatoms. The summed E-state index contributed by atoms with van der Waals surface area (Å²) in [4.78, 5) is 12.3. The number of nitrogens with one attached hydrogen (secondary N) is 1. The van der Waals surface area contributed by atoms with Crippen molar-refractivity contribution in [1.82, 2.24) is 0 Å². The zero-order valence-corrected chi connectivity index (χ0v) is 15.9. The minimum absolute atomic E-state index is 0.0204. The molecule has 1 aliphatic rings. The van der Waals surface area contributed by atoms with Gasteiger partial charge in [0.25, 0.3) is 0 Å². The van der Waals surface area contributed by atoms with Gasteiger partial charge in [-0.2, -0.15) is 0 Å². The monoisotopic (exact) mass is 383 g/mol. The molecule has 1 aliphatic heterocycles. The zero-order valence-electron chi connectivity index (χ0n) is 15.9. The SMILES string of the molecule is CCCOc1ccccc1/C=C/C(=O)Nc1cc(C2OCCCO2)ccc1O. The molecule has 0 aliphatic carbocycles. The number of hydrogen-bond acceptors (Lipinski definition) is 5. The Balaban J connectivity index is 1.68. The largest absolute Gasteiger partial charge is 0.506 e. The molecule has 0 saturated carbocycles. The fourth-order valence-electron chi connectivity index (χ4n) is 2.78. The summed E-state index contributed by atoms with van der Waals surface area (Å²) < 4.78 is 16.8. The van der Waals surface area contributed by atoms with Crippen molar-refractivity contribution >= 4 is 17.7 Å². The lowest BCUT2D eigenvalue weighted by Gasteiger charge is -2.24. The van der Waals surface area contributed by atoms with E-state index in [9.17, 15) is 9.90 Å². The summed E-state index contributed by atoms with van der Waals surface area (Å²) in [5.41, 5.74) is 1.86. The minimum Gasteiger partial charge on any atom is -0.506 e. The van der Waals surface area contributed by atoms with Crippen molar-refractivity contribution in [2.75, 3.05) is 25.1 Å². The molecule has 3 rings (SSSR count). The number of anilines is 1. The Hall–Kier alpha value is -2.83. The highest BCUT2D eigenvalue weighted by molar-refractivity contribution is 6.03. The number of aromatic hydroxyl groups is 1. The lowest BCUT2D eigenvalue weighted by molar-refractivity contribution is -0.183. The minimum atomic E-state index is -0.483. The number of hydrogen-bond donors (Lipinski definition) is 2. The second-order valence-corrected chi connectivity index (χ2v) is 6.41. The van der Waals surface area contributed by atoms with Crippen LogP contribution in [0.1, 0.15) is 37.2 Å². The first-order valence-corrected chi connectivity index (χ1v) is 9.44. The maximum Gasteiger partial charge on any atom is 0.248 e. The molecule has 1 heterocycles. The third-order valence-corrected chi connectivity index (χ3v) is 4.17. The van der Waals surface area contributed by atoms with E-state index in [0.717, 1.165) is 29.7 Å². The van der Waals surface area contributed by atoms with Crippen LogP contribution in [0.15, 0.2) is 48.5 Å². The molecule has 2 aromatic carbocycles. The van der Waals surface area contributed by atoms with Gasteiger partial charge in [-0.25, -0.2) is 0 Å². The summed E-state index contributed by atoms with van der Waals surface area (Å²) in [5.74, 6) is 0.348. The quantitative estimate of drug-likeness (QED) is 0.552. The molecule has 28 heavy (non-hydrogen) atoms. The maximum atomic E-state index is 12.3. The first kappa shape index (κ1) is 19.9. The first-order valence-electron chi connectivity index (χ1n) is 9.44. The van der Waals surface area contributed by atoms with Crippen LogP contribution in [-0.4, -0.2) is 30.8 Å². The Morgan fingerprint density at radius 3 is 2.82 bits per heavy atom. The van der Waals surface area contributed by atoms with E-state index in [0.29, 0.717) is 25.5 Å². The molecular formula is C22H25NO5. The second kappa shape index (κ2) is 9.92. The van der Waals surface area contributed by atoms with E-state index < -0.39 is 6.29 Å². The molecule has 148 valence electrons. The van der Waals surface area contributed by atoms with Crippen LogP contribution in [0.2, 0.25) is 0 Å². The van der Waals surface area contributed by atoms with Crippen molar-refractivity contribution in [2.45, 2.75) is 26.1 Å². The maximum absolute atomic E-state index is 12.3. The van der Waals surface area contributed by atoms with Crippen LogP contribution >= 0.6 is 0 Å². The standard InChI is InChI=1S/C22H25NO5/c1-2-12-26-20-7-4-3-6-16(20)9-11-21(25)23-18-15-17(8-10-19(18)24)22-27-13-5-14-28-22/h3-4,6-11,15,22,24H,2,5,12-14H2,1H3,(H,23,25)/b11-9+. The second-order valence-electron chi connectivity index (χ2n) is 6.41. The molecule has 1 amide bonds. The van der Waals surface area contributed by atoms with Crippen LogP contribution in [-0.2, 0) is 14.3 Å². The third kappa shape index (κ3) is 5.34. The van der Waals surface area contributed by atoms with Gasteiger partial charge in [0.2, 0.25) is 5.91 Å². The van der Waals surface area contributed by atoms with Crippen molar-refractivity contribution < 1.29 is 24.1 Å². The number of carbonyl (C=O) groups is 1. The number of phenolic OH excluding ortho intramolecular Hbond substituents is 1. The lowest BCUT2D eigenvalue weighted by Crippen LogP contribution is -2.18. The highest BCUT2D eigenvalue weighted by Crippen LogP contribution is 2.30. The highest BCUT2D eigenvalue weighted by atomic mass is 16.7. The number of carbonyl (C=O) groups excluding carboxylic acids is 1. The molecule has 0 bridgehead atoms. The van der Waals surface area contributed by atoms with Gasteiger partial charge in [-0.05, 0) is 37.1 Å². The van der Waals surface area contributed by atoms with Gasteiger partial charge in [0.1, 0.15) is 11.5 Å². The first-order chi connectivity index (χ1) is 13.7. The molecule has 1 fully saturated rings. The van der Waals surface area contributed by atoms with Crippen LogP contribution in [0.4, 0.5) is 5.69 Å². The molecule has 0 spiro atoms. The average molecular weight is 383 g/mol. The molecule has 2 N–H and O–H groups in total. The van der Waals surface area contributed by atoms with Crippen LogP contribution in [0.25, 0.3) is 6.08 Å². The van der Waals surface area contributed by atoms with Gasteiger partial charge >= 0.3 is 0 Å². The van der Waals surface area contributed by atoms with Gasteiger partial charge in [-0.15, -0.1) is 0 Å². The van der Waals surface area contributed by atoms with Crippen molar-refractivity contribution in [3.8, 4) is 11.5 Å².